The van der Waals surface area contributed by atoms with Crippen LogP contribution >= 0.6 is 12.2 Å². The van der Waals surface area contributed by atoms with Gasteiger partial charge in [-0.3, -0.25) is 4.68 Å². The molecule has 0 bridgehead atoms. The third kappa shape index (κ3) is 3.33. The molecular formula is C15H20N4OS. The van der Waals surface area contributed by atoms with Crippen molar-refractivity contribution >= 4 is 28.7 Å². The Morgan fingerprint density at radius 2 is 1.95 bits per heavy atom. The van der Waals surface area contributed by atoms with Crippen LogP contribution in [0.3, 0.4) is 0 Å². The van der Waals surface area contributed by atoms with Crippen LogP contribution in [0.4, 0.5) is 11.4 Å². The van der Waals surface area contributed by atoms with Crippen LogP contribution in [0, 0.1) is 20.8 Å². The van der Waals surface area contributed by atoms with Crippen molar-refractivity contribution in [3.05, 3.63) is 35.2 Å². The van der Waals surface area contributed by atoms with Gasteiger partial charge in [-0.05, 0) is 50.7 Å². The van der Waals surface area contributed by atoms with Gasteiger partial charge in [0.15, 0.2) is 5.11 Å². The van der Waals surface area contributed by atoms with Crippen LogP contribution in [0.1, 0.15) is 17.0 Å². The highest BCUT2D eigenvalue weighted by molar-refractivity contribution is 7.80. The van der Waals surface area contributed by atoms with Gasteiger partial charge in [0.2, 0.25) is 0 Å². The smallest absolute Gasteiger partial charge is 0.175 e. The monoisotopic (exact) mass is 304 g/mol. The molecule has 1 heterocycles. The Hall–Kier alpha value is -2.08. The lowest BCUT2D eigenvalue weighted by atomic mass is 10.2. The van der Waals surface area contributed by atoms with E-state index in [-0.39, 0.29) is 0 Å². The average Bonchev–Trinajstić information content (AvgIpc) is 2.66. The van der Waals surface area contributed by atoms with Crippen molar-refractivity contribution in [2.45, 2.75) is 20.8 Å². The van der Waals surface area contributed by atoms with Crippen molar-refractivity contribution in [2.75, 3.05) is 17.7 Å². The third-order valence-corrected chi connectivity index (χ3v) is 3.55. The zero-order valence-electron chi connectivity index (χ0n) is 12.9. The number of hydrogen-bond acceptors (Lipinski definition) is 3. The van der Waals surface area contributed by atoms with Crippen molar-refractivity contribution < 1.29 is 4.74 Å². The van der Waals surface area contributed by atoms with Crippen molar-refractivity contribution in [2.24, 2.45) is 7.05 Å². The summed E-state index contributed by atoms with van der Waals surface area (Å²) < 4.78 is 7.16. The number of anilines is 2. The van der Waals surface area contributed by atoms with Crippen LogP contribution in [0.2, 0.25) is 0 Å². The van der Waals surface area contributed by atoms with E-state index in [0.29, 0.717) is 5.11 Å². The summed E-state index contributed by atoms with van der Waals surface area (Å²) in [6.45, 7) is 5.97. The first-order valence-corrected chi connectivity index (χ1v) is 7.06. The van der Waals surface area contributed by atoms with Gasteiger partial charge in [0.1, 0.15) is 5.75 Å². The highest BCUT2D eigenvalue weighted by Crippen LogP contribution is 2.26. The first-order chi connectivity index (χ1) is 9.92. The van der Waals surface area contributed by atoms with Crippen LogP contribution in [0.15, 0.2) is 18.2 Å². The molecule has 2 N–H and O–H groups in total. The van der Waals surface area contributed by atoms with E-state index in [9.17, 15) is 0 Å². The Kier molecular flexibility index (Phi) is 4.47. The molecule has 1 aromatic heterocycles. The van der Waals surface area contributed by atoms with Crippen molar-refractivity contribution in [1.82, 2.24) is 9.78 Å². The minimum absolute atomic E-state index is 0.512. The zero-order valence-corrected chi connectivity index (χ0v) is 13.8. The van der Waals surface area contributed by atoms with Gasteiger partial charge in [-0.25, -0.2) is 0 Å². The molecule has 0 aliphatic carbocycles. The lowest BCUT2D eigenvalue weighted by Crippen LogP contribution is -2.20. The number of thiocarbonyl (C=S) groups is 1. The molecule has 6 heteroatoms. The van der Waals surface area contributed by atoms with E-state index < -0.39 is 0 Å². The maximum absolute atomic E-state index is 5.38. The molecule has 2 aromatic rings. The standard InChI is InChI=1S/C15H20N4OS/c1-9-6-7-13(20-5)12(8-9)16-15(21)17-14-10(2)18-19(4)11(14)3/h6-8H,1-5H3,(H2,16,17,21). The summed E-state index contributed by atoms with van der Waals surface area (Å²) in [5, 5.41) is 11.2. The Morgan fingerprint density at radius 1 is 1.24 bits per heavy atom. The summed E-state index contributed by atoms with van der Waals surface area (Å²) in [5.41, 5.74) is 4.86. The van der Waals surface area contributed by atoms with E-state index in [0.717, 1.165) is 34.1 Å². The highest BCUT2D eigenvalue weighted by atomic mass is 32.1. The Balaban J connectivity index is 2.17. The molecular weight excluding hydrogens is 284 g/mol. The van der Waals surface area contributed by atoms with E-state index in [1.54, 1.807) is 7.11 Å². The number of aryl methyl sites for hydroxylation is 3. The molecule has 0 aliphatic rings. The van der Waals surface area contributed by atoms with Gasteiger partial charge in [-0.1, -0.05) is 6.07 Å². The number of ether oxygens (including phenoxy) is 1. The van der Waals surface area contributed by atoms with E-state index in [1.165, 1.54) is 0 Å². The van der Waals surface area contributed by atoms with Crippen LogP contribution in [0.25, 0.3) is 0 Å². The largest absolute Gasteiger partial charge is 0.495 e. The molecule has 0 spiro atoms. The zero-order chi connectivity index (χ0) is 15.6. The normalized spacial score (nSPS) is 10.3. The number of benzene rings is 1. The number of nitrogens with one attached hydrogen (secondary N) is 2. The van der Waals surface area contributed by atoms with Crippen LogP contribution in [-0.2, 0) is 7.05 Å². The summed E-state index contributed by atoms with van der Waals surface area (Å²) in [6.07, 6.45) is 0. The second-order valence-corrected chi connectivity index (χ2v) is 5.36. The second-order valence-electron chi connectivity index (χ2n) is 4.95. The van der Waals surface area contributed by atoms with E-state index >= 15 is 0 Å². The molecule has 112 valence electrons. The predicted octanol–water partition coefficient (Wildman–Crippen LogP) is 3.16. The van der Waals surface area contributed by atoms with Gasteiger partial charge in [0, 0.05) is 7.05 Å². The molecule has 1 aromatic carbocycles. The molecule has 0 saturated heterocycles. The molecule has 2 rings (SSSR count). The molecule has 0 fully saturated rings. The SMILES string of the molecule is COc1ccc(C)cc1NC(=S)Nc1c(C)nn(C)c1C. The van der Waals surface area contributed by atoms with E-state index in [4.69, 9.17) is 17.0 Å². The Labute approximate surface area is 130 Å². The molecule has 21 heavy (non-hydrogen) atoms. The Bertz CT molecular complexity index is 679. The lowest BCUT2D eigenvalue weighted by molar-refractivity contribution is 0.417. The quantitative estimate of drug-likeness (QED) is 0.853. The fraction of sp³-hybridized carbons (Fsp3) is 0.333. The Morgan fingerprint density at radius 3 is 2.52 bits per heavy atom. The van der Waals surface area contributed by atoms with E-state index in [2.05, 4.69) is 15.7 Å². The number of hydrogen-bond donors (Lipinski definition) is 2. The van der Waals surface area contributed by atoms with Crippen LogP contribution < -0.4 is 15.4 Å². The van der Waals surface area contributed by atoms with Gasteiger partial charge in [0.05, 0.1) is 29.9 Å². The van der Waals surface area contributed by atoms with Gasteiger partial charge in [-0.2, -0.15) is 5.10 Å². The predicted molar refractivity (Wildman–Crippen MR) is 90.3 cm³/mol. The van der Waals surface area contributed by atoms with Crippen molar-refractivity contribution in [1.29, 1.82) is 0 Å². The summed E-state index contributed by atoms with van der Waals surface area (Å²) >= 11 is 5.38. The van der Waals surface area contributed by atoms with Gasteiger partial charge < -0.3 is 15.4 Å². The molecule has 0 atom stereocenters. The van der Waals surface area contributed by atoms with Gasteiger partial charge in [-0.15, -0.1) is 0 Å². The number of rotatable bonds is 3. The molecule has 5 nitrogen and oxygen atoms in total. The van der Waals surface area contributed by atoms with Crippen molar-refractivity contribution in [3.8, 4) is 5.75 Å². The maximum Gasteiger partial charge on any atom is 0.175 e. The summed E-state index contributed by atoms with van der Waals surface area (Å²) in [4.78, 5) is 0. The number of nitrogens with zero attached hydrogens (tertiary/aromatic N) is 2. The lowest BCUT2D eigenvalue weighted by Gasteiger charge is -2.14. The third-order valence-electron chi connectivity index (χ3n) is 3.35. The average molecular weight is 304 g/mol. The number of methoxy groups -OCH3 is 1. The molecule has 0 saturated carbocycles. The first-order valence-electron chi connectivity index (χ1n) is 6.65. The number of aromatic nitrogens is 2. The van der Waals surface area contributed by atoms with Gasteiger partial charge in [0.25, 0.3) is 0 Å². The molecule has 0 amide bonds. The topological polar surface area (TPSA) is 51.1 Å². The maximum atomic E-state index is 5.38. The second kappa shape index (κ2) is 6.13. The summed E-state index contributed by atoms with van der Waals surface area (Å²) in [5.74, 6) is 0.754. The fourth-order valence-corrected chi connectivity index (χ4v) is 2.35. The van der Waals surface area contributed by atoms with E-state index in [1.807, 2.05) is 50.7 Å². The molecule has 0 aliphatic heterocycles. The van der Waals surface area contributed by atoms with Crippen molar-refractivity contribution in [3.63, 3.8) is 0 Å². The van der Waals surface area contributed by atoms with Crippen LogP contribution in [-0.4, -0.2) is 22.0 Å². The minimum Gasteiger partial charge on any atom is -0.495 e. The minimum atomic E-state index is 0.512. The fourth-order valence-electron chi connectivity index (χ4n) is 2.14. The highest BCUT2D eigenvalue weighted by Gasteiger charge is 2.11. The first kappa shape index (κ1) is 15.3. The van der Waals surface area contributed by atoms with Gasteiger partial charge >= 0.3 is 0 Å². The molecule has 0 radical (unpaired) electrons. The summed E-state index contributed by atoms with van der Waals surface area (Å²) in [7, 11) is 3.55. The molecule has 0 unspecified atom stereocenters. The summed E-state index contributed by atoms with van der Waals surface area (Å²) in [6, 6.07) is 5.91. The van der Waals surface area contributed by atoms with Crippen LogP contribution in [0.5, 0.6) is 5.75 Å².